The molecule has 186 valence electrons. The summed E-state index contributed by atoms with van der Waals surface area (Å²) in [6.45, 7) is 6.49. The van der Waals surface area contributed by atoms with Gasteiger partial charge in [-0.2, -0.15) is 0 Å². The monoisotopic (exact) mass is 511 g/mol. The number of carbonyl (C=O) groups is 2. The van der Waals surface area contributed by atoms with Gasteiger partial charge in [-0.05, 0) is 62.6 Å². The maximum Gasteiger partial charge on any atom is 0.244 e. The lowest BCUT2D eigenvalue weighted by molar-refractivity contribution is -0.139. The highest BCUT2D eigenvalue weighted by Gasteiger charge is 2.31. The topological polar surface area (TPSA) is 86.8 Å². The molecule has 2 rings (SSSR count). The zero-order valence-electron chi connectivity index (χ0n) is 20.0. The Labute approximate surface area is 205 Å². The molecule has 10 heteroatoms. The minimum Gasteiger partial charge on any atom is -0.352 e. The fourth-order valence-corrected chi connectivity index (χ4v) is 4.37. The Kier molecular flexibility index (Phi) is 9.46. The number of carbonyl (C=O) groups excluding carboxylic acids is 2. The van der Waals surface area contributed by atoms with Crippen LogP contribution in [-0.4, -0.2) is 50.0 Å². The quantitative estimate of drug-likeness (QED) is 0.524. The highest BCUT2D eigenvalue weighted by atomic mass is 35.5. The van der Waals surface area contributed by atoms with E-state index in [0.29, 0.717) is 22.6 Å². The first-order valence-corrected chi connectivity index (χ1v) is 13.1. The summed E-state index contributed by atoms with van der Waals surface area (Å²) in [7, 11) is -3.86. The van der Waals surface area contributed by atoms with Crippen molar-refractivity contribution in [2.45, 2.75) is 52.7 Å². The molecule has 0 aromatic heterocycles. The molecule has 0 fully saturated rings. The number of hydrogen-bond acceptors (Lipinski definition) is 4. The van der Waals surface area contributed by atoms with Crippen LogP contribution in [0.15, 0.2) is 42.5 Å². The summed E-state index contributed by atoms with van der Waals surface area (Å²) in [4.78, 5) is 27.6. The van der Waals surface area contributed by atoms with Crippen LogP contribution >= 0.6 is 11.6 Å². The van der Waals surface area contributed by atoms with Crippen LogP contribution in [0, 0.1) is 12.7 Å². The van der Waals surface area contributed by atoms with Crippen molar-refractivity contribution in [2.24, 2.45) is 0 Å². The molecule has 0 unspecified atom stereocenters. The lowest BCUT2D eigenvalue weighted by Gasteiger charge is -2.32. The summed E-state index contributed by atoms with van der Waals surface area (Å²) in [5, 5.41) is 3.21. The van der Waals surface area contributed by atoms with Crippen LogP contribution in [0.5, 0.6) is 0 Å². The molecule has 2 aromatic rings. The number of halogens is 2. The molecule has 0 bridgehead atoms. The third-order valence-corrected chi connectivity index (χ3v) is 7.16. The van der Waals surface area contributed by atoms with E-state index in [1.54, 1.807) is 32.0 Å². The molecule has 34 heavy (non-hydrogen) atoms. The summed E-state index contributed by atoms with van der Waals surface area (Å²) in [6.07, 6.45) is 1.71. The van der Waals surface area contributed by atoms with Gasteiger partial charge in [0.2, 0.25) is 21.8 Å². The molecule has 7 nitrogen and oxygen atoms in total. The van der Waals surface area contributed by atoms with Gasteiger partial charge in [0.05, 0.1) is 11.9 Å². The Morgan fingerprint density at radius 2 is 1.74 bits per heavy atom. The van der Waals surface area contributed by atoms with Gasteiger partial charge >= 0.3 is 0 Å². The molecule has 0 spiro atoms. The zero-order chi connectivity index (χ0) is 25.6. The molecule has 0 aliphatic carbocycles. The summed E-state index contributed by atoms with van der Waals surface area (Å²) < 4.78 is 39.6. The third kappa shape index (κ3) is 7.17. The summed E-state index contributed by atoms with van der Waals surface area (Å²) in [5.74, 6) is -1.38. The third-order valence-electron chi connectivity index (χ3n) is 5.62. The molecule has 2 atom stereocenters. The van der Waals surface area contributed by atoms with Crippen molar-refractivity contribution in [3.8, 4) is 0 Å². The fraction of sp³-hybridized carbons (Fsp3) is 0.417. The standard InChI is InChI=1S/C24H31ClFN3O4S/c1-6-16(2)27-24(31)18(4)28(14-19-10-12-20(26)13-11-19)23(30)15-29(34(5,32)33)22-9-7-8-21(25)17(22)3/h7-13,16,18H,6,14-15H2,1-5H3,(H,27,31)/t16-,18-/m1/s1. The number of hydrogen-bond donors (Lipinski definition) is 1. The SMILES string of the molecule is CC[C@@H](C)NC(=O)[C@@H](C)N(Cc1ccc(F)cc1)C(=O)CN(c1cccc(Cl)c1C)S(C)(=O)=O. The highest BCUT2D eigenvalue weighted by molar-refractivity contribution is 7.92. The zero-order valence-corrected chi connectivity index (χ0v) is 21.6. The fourth-order valence-electron chi connectivity index (χ4n) is 3.30. The van der Waals surface area contributed by atoms with Gasteiger partial charge in [0.1, 0.15) is 18.4 Å². The van der Waals surface area contributed by atoms with E-state index in [4.69, 9.17) is 11.6 Å². The minimum atomic E-state index is -3.86. The van der Waals surface area contributed by atoms with Crippen molar-refractivity contribution >= 4 is 39.1 Å². The molecular weight excluding hydrogens is 481 g/mol. The molecule has 2 amide bonds. The van der Waals surface area contributed by atoms with E-state index >= 15 is 0 Å². The van der Waals surface area contributed by atoms with E-state index in [1.807, 2.05) is 13.8 Å². The number of benzene rings is 2. The van der Waals surface area contributed by atoms with Gasteiger partial charge in [-0.3, -0.25) is 13.9 Å². The van der Waals surface area contributed by atoms with Crippen molar-refractivity contribution in [1.29, 1.82) is 0 Å². The Morgan fingerprint density at radius 3 is 2.29 bits per heavy atom. The first-order chi connectivity index (χ1) is 15.8. The second-order valence-electron chi connectivity index (χ2n) is 8.30. The maximum absolute atomic E-state index is 13.5. The van der Waals surface area contributed by atoms with Crippen molar-refractivity contribution < 1.29 is 22.4 Å². The van der Waals surface area contributed by atoms with E-state index in [-0.39, 0.29) is 24.2 Å². The van der Waals surface area contributed by atoms with Gasteiger partial charge < -0.3 is 10.2 Å². The average Bonchev–Trinajstić information content (AvgIpc) is 2.77. The van der Waals surface area contributed by atoms with Gasteiger partial charge in [0.15, 0.2) is 0 Å². The molecule has 0 radical (unpaired) electrons. The molecule has 0 saturated heterocycles. The van der Waals surface area contributed by atoms with Crippen LogP contribution < -0.4 is 9.62 Å². The first kappa shape index (κ1) is 27.6. The smallest absolute Gasteiger partial charge is 0.244 e. The van der Waals surface area contributed by atoms with Crippen molar-refractivity contribution in [3.63, 3.8) is 0 Å². The van der Waals surface area contributed by atoms with E-state index in [1.165, 1.54) is 29.2 Å². The molecule has 2 aromatic carbocycles. The van der Waals surface area contributed by atoms with Gasteiger partial charge in [0, 0.05) is 17.6 Å². The Balaban J connectivity index is 2.42. The predicted molar refractivity (Wildman–Crippen MR) is 133 cm³/mol. The lowest BCUT2D eigenvalue weighted by atomic mass is 10.1. The summed E-state index contributed by atoms with van der Waals surface area (Å²) >= 11 is 6.18. The lowest BCUT2D eigenvalue weighted by Crippen LogP contribution is -2.52. The molecule has 0 aliphatic heterocycles. The van der Waals surface area contributed by atoms with E-state index in [2.05, 4.69) is 5.32 Å². The summed E-state index contributed by atoms with van der Waals surface area (Å²) in [5.41, 5.74) is 1.39. The van der Waals surface area contributed by atoms with Crippen LogP contribution in [0.4, 0.5) is 10.1 Å². The van der Waals surface area contributed by atoms with Crippen LogP contribution in [-0.2, 0) is 26.2 Å². The summed E-state index contributed by atoms with van der Waals surface area (Å²) in [6, 6.07) is 9.37. The Hall–Kier alpha value is -2.65. The van der Waals surface area contributed by atoms with Crippen LogP contribution in [0.2, 0.25) is 5.02 Å². The molecule has 1 N–H and O–H groups in total. The number of rotatable bonds is 10. The second-order valence-corrected chi connectivity index (χ2v) is 10.6. The number of anilines is 1. The number of sulfonamides is 1. The number of amides is 2. The van der Waals surface area contributed by atoms with Crippen molar-refractivity contribution in [1.82, 2.24) is 10.2 Å². The van der Waals surface area contributed by atoms with Gasteiger partial charge in [-0.15, -0.1) is 0 Å². The van der Waals surface area contributed by atoms with Gasteiger partial charge in [0.25, 0.3) is 0 Å². The largest absolute Gasteiger partial charge is 0.352 e. The Bertz CT molecular complexity index is 1130. The normalized spacial score (nSPS) is 13.1. The molecule has 0 aliphatic rings. The predicted octanol–water partition coefficient (Wildman–Crippen LogP) is 3.89. The van der Waals surface area contributed by atoms with Gasteiger partial charge in [-0.1, -0.05) is 36.7 Å². The van der Waals surface area contributed by atoms with Crippen LogP contribution in [0.25, 0.3) is 0 Å². The van der Waals surface area contributed by atoms with Crippen molar-refractivity contribution in [2.75, 3.05) is 17.1 Å². The molecule has 0 saturated carbocycles. The first-order valence-electron chi connectivity index (χ1n) is 10.9. The second kappa shape index (κ2) is 11.7. The van der Waals surface area contributed by atoms with E-state index in [0.717, 1.165) is 10.6 Å². The molecular formula is C24H31ClFN3O4S. The number of nitrogens with zero attached hydrogens (tertiary/aromatic N) is 2. The van der Waals surface area contributed by atoms with E-state index in [9.17, 15) is 22.4 Å². The van der Waals surface area contributed by atoms with Gasteiger partial charge in [-0.25, -0.2) is 12.8 Å². The number of nitrogens with one attached hydrogen (secondary N) is 1. The average molecular weight is 512 g/mol. The minimum absolute atomic E-state index is 0.000333. The highest BCUT2D eigenvalue weighted by Crippen LogP contribution is 2.28. The van der Waals surface area contributed by atoms with Crippen LogP contribution in [0.3, 0.4) is 0 Å². The molecule has 0 heterocycles. The van der Waals surface area contributed by atoms with Crippen molar-refractivity contribution in [3.05, 3.63) is 64.4 Å². The maximum atomic E-state index is 13.5. The van der Waals surface area contributed by atoms with Crippen LogP contribution in [0.1, 0.15) is 38.3 Å². The van der Waals surface area contributed by atoms with E-state index < -0.39 is 34.3 Å². The Morgan fingerprint density at radius 1 is 1.12 bits per heavy atom.